The molecule has 80 valence electrons. The molecule has 0 saturated heterocycles. The smallest absolute Gasteiger partial charge is 0.287 e. The molecule has 1 heterocycles. The quantitative estimate of drug-likeness (QED) is 0.749. The van der Waals surface area contributed by atoms with Gasteiger partial charge in [-0.25, -0.2) is 0 Å². The average Bonchev–Trinajstić information content (AvgIpc) is 2.06. The van der Waals surface area contributed by atoms with Crippen LogP contribution in [0.15, 0.2) is 25.9 Å². The predicted molar refractivity (Wildman–Crippen MR) is 63.0 cm³/mol. The van der Waals surface area contributed by atoms with Gasteiger partial charge in [0.05, 0.1) is 5.69 Å². The number of sulfonamides is 1. The maximum absolute atomic E-state index is 11.7. The van der Waals surface area contributed by atoms with Crippen molar-refractivity contribution >= 4 is 48.5 Å². The third kappa shape index (κ3) is 1.89. The van der Waals surface area contributed by atoms with Crippen molar-refractivity contribution in [2.75, 3.05) is 5.32 Å². The Labute approximate surface area is 101 Å². The maximum Gasteiger partial charge on any atom is 0.287 e. The lowest BCUT2D eigenvalue weighted by atomic mass is 10.2. The number of nitrogens with zero attached hydrogens (tertiary/aromatic N) is 1. The van der Waals surface area contributed by atoms with E-state index in [4.69, 9.17) is 11.6 Å². The first-order chi connectivity index (χ1) is 6.90. The summed E-state index contributed by atoms with van der Waals surface area (Å²) in [6, 6.07) is 3.35. The van der Waals surface area contributed by atoms with Gasteiger partial charge in [0.1, 0.15) is 4.90 Å². The van der Waals surface area contributed by atoms with Crippen LogP contribution in [-0.4, -0.2) is 13.7 Å². The van der Waals surface area contributed by atoms with Crippen molar-refractivity contribution in [3.05, 3.63) is 22.2 Å². The Balaban J connectivity index is 2.80. The third-order valence-electron chi connectivity index (χ3n) is 1.90. The van der Waals surface area contributed by atoms with Crippen LogP contribution in [0.1, 0.15) is 5.56 Å². The summed E-state index contributed by atoms with van der Waals surface area (Å²) in [5.41, 5.74) is 1.26. The highest BCUT2D eigenvalue weighted by molar-refractivity contribution is 9.10. The molecule has 0 aliphatic carbocycles. The zero-order valence-corrected chi connectivity index (χ0v) is 10.7. The van der Waals surface area contributed by atoms with E-state index in [1.165, 1.54) is 0 Å². The van der Waals surface area contributed by atoms with Gasteiger partial charge in [-0.15, -0.1) is 4.40 Å². The van der Waals surface area contributed by atoms with E-state index in [1.807, 2.05) is 0 Å². The van der Waals surface area contributed by atoms with Gasteiger partial charge in [-0.2, -0.15) is 8.42 Å². The highest BCUT2D eigenvalue weighted by Crippen LogP contribution is 2.35. The van der Waals surface area contributed by atoms with Gasteiger partial charge in [-0.1, -0.05) is 0 Å². The molecule has 0 amide bonds. The number of rotatable bonds is 0. The Bertz CT molecular complexity index is 568. The van der Waals surface area contributed by atoms with Crippen molar-refractivity contribution in [3.63, 3.8) is 0 Å². The topological polar surface area (TPSA) is 58.5 Å². The number of hydrogen-bond donors (Lipinski definition) is 1. The molecule has 1 aliphatic rings. The summed E-state index contributed by atoms with van der Waals surface area (Å²) in [7, 11) is -3.67. The molecule has 2 rings (SSSR count). The van der Waals surface area contributed by atoms with Crippen LogP contribution in [0.5, 0.6) is 0 Å². The molecule has 0 atom stereocenters. The Morgan fingerprint density at radius 2 is 2.13 bits per heavy atom. The summed E-state index contributed by atoms with van der Waals surface area (Å²) in [5.74, 6) is 0. The van der Waals surface area contributed by atoms with E-state index in [9.17, 15) is 8.42 Å². The van der Waals surface area contributed by atoms with E-state index in [0.717, 1.165) is 5.56 Å². The van der Waals surface area contributed by atoms with Gasteiger partial charge in [0, 0.05) is 4.47 Å². The molecule has 1 aromatic carbocycles. The Kier molecular flexibility index (Phi) is 2.52. The average molecular weight is 310 g/mol. The standard InChI is InChI=1S/C8H6BrClN2O2S/c1-4-2-5(9)7-6(3-4)15(13,14)12-8(10)11-7/h2-3H,1H3,(H,11,12). The SMILES string of the molecule is Cc1cc(Br)c2c(c1)S(=O)(=O)N=C(Cl)N2. The lowest BCUT2D eigenvalue weighted by molar-refractivity contribution is 0.598. The van der Waals surface area contributed by atoms with Crippen molar-refractivity contribution in [1.82, 2.24) is 0 Å². The summed E-state index contributed by atoms with van der Waals surface area (Å²) in [4.78, 5) is 0.138. The first kappa shape index (κ1) is 10.9. The van der Waals surface area contributed by atoms with E-state index < -0.39 is 10.0 Å². The van der Waals surface area contributed by atoms with Crippen LogP contribution in [0.2, 0.25) is 0 Å². The Morgan fingerprint density at radius 1 is 1.47 bits per heavy atom. The van der Waals surface area contributed by atoms with Crippen molar-refractivity contribution in [2.24, 2.45) is 4.40 Å². The first-order valence-corrected chi connectivity index (χ1v) is 6.59. The lowest BCUT2D eigenvalue weighted by Crippen LogP contribution is -2.17. The molecule has 0 unspecified atom stereocenters. The summed E-state index contributed by atoms with van der Waals surface area (Å²) >= 11 is 8.85. The highest BCUT2D eigenvalue weighted by atomic mass is 79.9. The van der Waals surface area contributed by atoms with Crippen molar-refractivity contribution in [1.29, 1.82) is 0 Å². The second-order valence-electron chi connectivity index (χ2n) is 3.10. The van der Waals surface area contributed by atoms with Crippen molar-refractivity contribution in [2.45, 2.75) is 11.8 Å². The summed E-state index contributed by atoms with van der Waals surface area (Å²) in [5, 5.41) is 2.55. The van der Waals surface area contributed by atoms with E-state index in [2.05, 4.69) is 25.6 Å². The normalized spacial score (nSPS) is 17.7. The van der Waals surface area contributed by atoms with Crippen LogP contribution >= 0.6 is 27.5 Å². The number of nitrogens with one attached hydrogen (secondary N) is 1. The maximum atomic E-state index is 11.7. The van der Waals surface area contributed by atoms with Crippen LogP contribution in [0, 0.1) is 6.92 Å². The molecule has 15 heavy (non-hydrogen) atoms. The fraction of sp³-hybridized carbons (Fsp3) is 0.125. The highest BCUT2D eigenvalue weighted by Gasteiger charge is 2.26. The van der Waals surface area contributed by atoms with E-state index in [1.54, 1.807) is 19.1 Å². The van der Waals surface area contributed by atoms with Gasteiger partial charge in [0.15, 0.2) is 0 Å². The predicted octanol–water partition coefficient (Wildman–Crippen LogP) is 2.47. The Hall–Kier alpha value is -0.590. The van der Waals surface area contributed by atoms with E-state index in [-0.39, 0.29) is 10.2 Å². The van der Waals surface area contributed by atoms with Crippen molar-refractivity contribution < 1.29 is 8.42 Å². The van der Waals surface area contributed by atoms with Crippen LogP contribution < -0.4 is 5.32 Å². The number of fused-ring (bicyclic) bond motifs is 1. The second-order valence-corrected chi connectivity index (χ2v) is 5.89. The molecule has 7 heteroatoms. The molecule has 0 fully saturated rings. The zero-order chi connectivity index (χ0) is 11.2. The minimum absolute atomic E-state index is 0.138. The minimum Gasteiger partial charge on any atom is -0.328 e. The van der Waals surface area contributed by atoms with Gasteiger partial charge in [0.25, 0.3) is 10.0 Å². The first-order valence-electron chi connectivity index (χ1n) is 3.98. The van der Waals surface area contributed by atoms with Crippen LogP contribution in [-0.2, 0) is 10.0 Å². The molecule has 1 aliphatic heterocycles. The molecule has 4 nitrogen and oxygen atoms in total. The molecule has 1 N–H and O–H groups in total. The Morgan fingerprint density at radius 3 is 2.80 bits per heavy atom. The summed E-state index contributed by atoms with van der Waals surface area (Å²) < 4.78 is 27.3. The lowest BCUT2D eigenvalue weighted by Gasteiger charge is -2.16. The molecule has 0 aromatic heterocycles. The number of anilines is 1. The number of amidine groups is 1. The molecule has 1 aromatic rings. The van der Waals surface area contributed by atoms with Crippen LogP contribution in [0.4, 0.5) is 5.69 Å². The number of hydrogen-bond acceptors (Lipinski definition) is 3. The largest absolute Gasteiger partial charge is 0.328 e. The third-order valence-corrected chi connectivity index (χ3v) is 4.11. The number of halogens is 2. The van der Waals surface area contributed by atoms with Gasteiger partial charge in [0.2, 0.25) is 5.29 Å². The number of benzene rings is 1. The molecular weight excluding hydrogens is 304 g/mol. The molecule has 0 spiro atoms. The molecule has 0 radical (unpaired) electrons. The van der Waals surface area contributed by atoms with Crippen molar-refractivity contribution in [3.8, 4) is 0 Å². The monoisotopic (exact) mass is 308 g/mol. The fourth-order valence-electron chi connectivity index (χ4n) is 1.32. The van der Waals surface area contributed by atoms with Crippen LogP contribution in [0.25, 0.3) is 0 Å². The summed E-state index contributed by atoms with van der Waals surface area (Å²) in [6.07, 6.45) is 0. The molecule has 0 bridgehead atoms. The summed E-state index contributed by atoms with van der Waals surface area (Å²) in [6.45, 7) is 1.81. The second kappa shape index (κ2) is 3.47. The van der Waals surface area contributed by atoms with Crippen LogP contribution in [0.3, 0.4) is 0 Å². The number of aryl methyl sites for hydroxylation is 1. The van der Waals surface area contributed by atoms with Gasteiger partial charge >= 0.3 is 0 Å². The molecule has 0 saturated carbocycles. The van der Waals surface area contributed by atoms with Gasteiger partial charge in [-0.05, 0) is 52.2 Å². The minimum atomic E-state index is -3.67. The van der Waals surface area contributed by atoms with Gasteiger partial charge in [-0.3, -0.25) is 0 Å². The zero-order valence-electron chi connectivity index (χ0n) is 7.58. The fourth-order valence-corrected chi connectivity index (χ4v) is 3.60. The van der Waals surface area contributed by atoms with E-state index >= 15 is 0 Å². The van der Waals surface area contributed by atoms with Gasteiger partial charge < -0.3 is 5.32 Å². The van der Waals surface area contributed by atoms with E-state index in [0.29, 0.717) is 10.2 Å². The molecular formula is C8H6BrClN2O2S.